The lowest BCUT2D eigenvalue weighted by atomic mass is 10.1. The van der Waals surface area contributed by atoms with Crippen molar-refractivity contribution in [1.29, 1.82) is 0 Å². The van der Waals surface area contributed by atoms with E-state index in [2.05, 4.69) is 21.2 Å². The third-order valence-electron chi connectivity index (χ3n) is 4.56. The molecule has 29 heavy (non-hydrogen) atoms. The van der Waals surface area contributed by atoms with E-state index in [4.69, 9.17) is 16.3 Å². The Bertz CT molecular complexity index is 1170. The molecular formula is C23H17BrClNO2S. The zero-order chi connectivity index (χ0) is 20.4. The summed E-state index contributed by atoms with van der Waals surface area (Å²) in [4.78, 5) is 13.7. The van der Waals surface area contributed by atoms with E-state index in [0.717, 1.165) is 36.3 Å². The maximum atomic E-state index is 12.7. The Morgan fingerprint density at radius 2 is 1.72 bits per heavy atom. The van der Waals surface area contributed by atoms with Crippen molar-refractivity contribution in [3.05, 3.63) is 87.9 Å². The van der Waals surface area contributed by atoms with Gasteiger partial charge in [-0.3, -0.25) is 5.32 Å². The average Bonchev–Trinajstić information content (AvgIpc) is 3.07. The average molecular weight is 487 g/mol. The standard InChI is InChI=1S/C23H17BrClNO2S/c1-14(17-6-2-4-8-19(17)25)28-23(27)26-21-18-7-3-5-9-20(18)29-22(21)15-10-12-16(24)13-11-15/h2-14H,1H3,(H,26,27). The number of amides is 1. The lowest BCUT2D eigenvalue weighted by Crippen LogP contribution is -2.16. The van der Waals surface area contributed by atoms with Gasteiger partial charge in [-0.1, -0.05) is 76.1 Å². The summed E-state index contributed by atoms with van der Waals surface area (Å²) in [6.07, 6.45) is -0.982. The Morgan fingerprint density at radius 3 is 2.48 bits per heavy atom. The van der Waals surface area contributed by atoms with Crippen molar-refractivity contribution < 1.29 is 9.53 Å². The number of thiophene rings is 1. The van der Waals surface area contributed by atoms with Crippen molar-refractivity contribution >= 4 is 60.7 Å². The Hall–Kier alpha value is -2.34. The van der Waals surface area contributed by atoms with E-state index < -0.39 is 12.2 Å². The molecule has 0 bridgehead atoms. The van der Waals surface area contributed by atoms with Crippen molar-refractivity contribution in [3.8, 4) is 10.4 Å². The molecule has 0 aliphatic rings. The molecule has 6 heteroatoms. The molecule has 0 saturated carbocycles. The predicted octanol–water partition coefficient (Wildman–Crippen LogP) is 8.29. The van der Waals surface area contributed by atoms with Gasteiger partial charge in [-0.2, -0.15) is 0 Å². The predicted molar refractivity (Wildman–Crippen MR) is 125 cm³/mol. The van der Waals surface area contributed by atoms with Gasteiger partial charge in [-0.15, -0.1) is 11.3 Å². The number of halogens is 2. The third-order valence-corrected chi connectivity index (χ3v) is 6.65. The summed E-state index contributed by atoms with van der Waals surface area (Å²) in [6, 6.07) is 23.4. The molecule has 0 saturated heterocycles. The number of carbonyl (C=O) groups is 1. The quantitative estimate of drug-likeness (QED) is 0.315. The molecular weight excluding hydrogens is 470 g/mol. The second-order valence-corrected chi connectivity index (χ2v) is 8.88. The molecule has 0 radical (unpaired) electrons. The number of hydrogen-bond acceptors (Lipinski definition) is 3. The fourth-order valence-electron chi connectivity index (χ4n) is 3.13. The van der Waals surface area contributed by atoms with E-state index in [1.807, 2.05) is 73.7 Å². The highest BCUT2D eigenvalue weighted by Crippen LogP contribution is 2.43. The molecule has 0 aliphatic carbocycles. The van der Waals surface area contributed by atoms with Crippen LogP contribution in [0.1, 0.15) is 18.6 Å². The highest BCUT2D eigenvalue weighted by Gasteiger charge is 2.19. The van der Waals surface area contributed by atoms with Gasteiger partial charge in [-0.25, -0.2) is 4.79 Å². The highest BCUT2D eigenvalue weighted by molar-refractivity contribution is 9.10. The summed E-state index contributed by atoms with van der Waals surface area (Å²) >= 11 is 11.3. The van der Waals surface area contributed by atoms with E-state index in [-0.39, 0.29) is 0 Å². The molecule has 4 rings (SSSR count). The van der Waals surface area contributed by atoms with Crippen LogP contribution in [0.25, 0.3) is 20.5 Å². The summed E-state index contributed by atoms with van der Waals surface area (Å²) in [5, 5.41) is 4.52. The van der Waals surface area contributed by atoms with Crippen LogP contribution >= 0.6 is 38.9 Å². The highest BCUT2D eigenvalue weighted by atomic mass is 79.9. The smallest absolute Gasteiger partial charge is 0.412 e. The number of ether oxygens (including phenoxy) is 1. The molecule has 1 amide bonds. The number of nitrogens with one attached hydrogen (secondary N) is 1. The lowest BCUT2D eigenvalue weighted by Gasteiger charge is -2.16. The minimum atomic E-state index is -0.515. The van der Waals surface area contributed by atoms with Gasteiger partial charge in [0.05, 0.1) is 10.6 Å². The van der Waals surface area contributed by atoms with Gasteiger partial charge in [-0.05, 0) is 36.8 Å². The van der Waals surface area contributed by atoms with Gasteiger partial charge in [0.25, 0.3) is 0 Å². The minimum absolute atomic E-state index is 0.468. The van der Waals surface area contributed by atoms with Crippen LogP contribution < -0.4 is 5.32 Å². The molecule has 0 spiro atoms. The molecule has 1 heterocycles. The number of fused-ring (bicyclic) bond motifs is 1. The van der Waals surface area contributed by atoms with Gasteiger partial charge >= 0.3 is 6.09 Å². The van der Waals surface area contributed by atoms with Gasteiger partial charge in [0.2, 0.25) is 0 Å². The van der Waals surface area contributed by atoms with Crippen LogP contribution in [0, 0.1) is 0 Å². The zero-order valence-corrected chi connectivity index (χ0v) is 18.6. The Balaban J connectivity index is 1.64. The topological polar surface area (TPSA) is 38.3 Å². The minimum Gasteiger partial charge on any atom is -0.441 e. The number of rotatable bonds is 4. The molecule has 1 atom stereocenters. The van der Waals surface area contributed by atoms with Crippen LogP contribution in [0.3, 0.4) is 0 Å². The van der Waals surface area contributed by atoms with E-state index in [9.17, 15) is 4.79 Å². The Labute approximate surface area is 186 Å². The molecule has 1 N–H and O–H groups in total. The maximum absolute atomic E-state index is 12.7. The monoisotopic (exact) mass is 485 g/mol. The maximum Gasteiger partial charge on any atom is 0.412 e. The van der Waals surface area contributed by atoms with Gasteiger partial charge in [0.1, 0.15) is 6.10 Å². The largest absolute Gasteiger partial charge is 0.441 e. The first-order valence-corrected chi connectivity index (χ1v) is 11.0. The van der Waals surface area contributed by atoms with Crippen LogP contribution in [0.5, 0.6) is 0 Å². The zero-order valence-electron chi connectivity index (χ0n) is 15.5. The third kappa shape index (κ3) is 4.32. The normalized spacial score (nSPS) is 12.0. The van der Waals surface area contributed by atoms with Crippen LogP contribution in [-0.4, -0.2) is 6.09 Å². The molecule has 146 valence electrons. The van der Waals surface area contributed by atoms with Crippen LogP contribution in [0.2, 0.25) is 5.02 Å². The van der Waals surface area contributed by atoms with E-state index in [0.29, 0.717) is 5.02 Å². The van der Waals surface area contributed by atoms with E-state index in [1.54, 1.807) is 17.4 Å². The summed E-state index contributed by atoms with van der Waals surface area (Å²) < 4.78 is 7.71. The SMILES string of the molecule is CC(OC(=O)Nc1c(-c2ccc(Br)cc2)sc2ccccc12)c1ccccc1Cl. The first-order valence-electron chi connectivity index (χ1n) is 9.02. The van der Waals surface area contributed by atoms with Crippen molar-refractivity contribution in [3.63, 3.8) is 0 Å². The number of hydrogen-bond donors (Lipinski definition) is 1. The van der Waals surface area contributed by atoms with Gasteiger partial charge in [0.15, 0.2) is 0 Å². The fourth-order valence-corrected chi connectivity index (χ4v) is 4.85. The van der Waals surface area contributed by atoms with Crippen molar-refractivity contribution in [2.24, 2.45) is 0 Å². The first-order chi connectivity index (χ1) is 14.0. The number of carbonyl (C=O) groups excluding carboxylic acids is 1. The molecule has 1 unspecified atom stereocenters. The molecule has 3 nitrogen and oxygen atoms in total. The molecule has 0 aliphatic heterocycles. The fraction of sp³-hybridized carbons (Fsp3) is 0.0870. The molecule has 0 fully saturated rings. The molecule has 1 aromatic heterocycles. The number of benzene rings is 3. The first kappa shape index (κ1) is 20.0. The van der Waals surface area contributed by atoms with Crippen LogP contribution in [0.4, 0.5) is 10.5 Å². The molecule has 3 aromatic carbocycles. The second-order valence-electron chi connectivity index (χ2n) is 6.50. The lowest BCUT2D eigenvalue weighted by molar-refractivity contribution is 0.121. The van der Waals surface area contributed by atoms with Gasteiger partial charge < -0.3 is 4.74 Å². The second kappa shape index (κ2) is 8.57. The van der Waals surface area contributed by atoms with E-state index >= 15 is 0 Å². The van der Waals surface area contributed by atoms with Crippen LogP contribution in [-0.2, 0) is 4.74 Å². The summed E-state index contributed by atoms with van der Waals surface area (Å²) in [5.74, 6) is 0. The van der Waals surface area contributed by atoms with Crippen molar-refractivity contribution in [2.45, 2.75) is 13.0 Å². The van der Waals surface area contributed by atoms with Crippen molar-refractivity contribution in [2.75, 3.05) is 5.32 Å². The summed E-state index contributed by atoms with van der Waals surface area (Å²) in [7, 11) is 0. The van der Waals surface area contributed by atoms with Crippen molar-refractivity contribution in [1.82, 2.24) is 0 Å². The molecule has 4 aromatic rings. The summed E-state index contributed by atoms with van der Waals surface area (Å²) in [5.41, 5.74) is 2.56. The number of anilines is 1. The Morgan fingerprint density at radius 1 is 1.03 bits per heavy atom. The van der Waals surface area contributed by atoms with Crippen LogP contribution in [0.15, 0.2) is 77.3 Å². The Kier molecular flexibility index (Phi) is 5.90. The van der Waals surface area contributed by atoms with Gasteiger partial charge in [0, 0.05) is 25.1 Å². The van der Waals surface area contributed by atoms with E-state index in [1.165, 1.54) is 0 Å². The summed E-state index contributed by atoms with van der Waals surface area (Å²) in [6.45, 7) is 1.81.